The third-order valence-electron chi connectivity index (χ3n) is 3.94. The lowest BCUT2D eigenvalue weighted by molar-refractivity contribution is 0.629. The van der Waals surface area contributed by atoms with Crippen LogP contribution < -0.4 is 16.3 Å². The van der Waals surface area contributed by atoms with Gasteiger partial charge in [0.25, 0.3) is 5.56 Å². The second-order valence-corrected chi connectivity index (χ2v) is 6.26. The van der Waals surface area contributed by atoms with Gasteiger partial charge in [0, 0.05) is 6.04 Å². The Morgan fingerprint density at radius 3 is 2.93 bits per heavy atom. The summed E-state index contributed by atoms with van der Waals surface area (Å²) < 4.78 is 15.4. The molecule has 4 aromatic rings. The van der Waals surface area contributed by atoms with Crippen molar-refractivity contribution in [3.05, 3.63) is 52.8 Å². The van der Waals surface area contributed by atoms with Gasteiger partial charge in [-0.3, -0.25) is 4.79 Å². The van der Waals surface area contributed by atoms with Gasteiger partial charge in [0.1, 0.15) is 23.0 Å². The molecule has 9 nitrogen and oxygen atoms in total. The number of anilines is 1. The number of aromatic nitrogens is 6. The van der Waals surface area contributed by atoms with Crippen molar-refractivity contribution in [3.63, 3.8) is 0 Å². The number of H-pyrrole nitrogens is 1. The molecule has 0 aliphatic heterocycles. The maximum Gasteiger partial charge on any atom is 0.283 e. The fourth-order valence-corrected chi connectivity index (χ4v) is 2.81. The van der Waals surface area contributed by atoms with Crippen LogP contribution in [0.2, 0.25) is 0 Å². The van der Waals surface area contributed by atoms with Gasteiger partial charge in [-0.2, -0.15) is 0 Å². The first-order valence-corrected chi connectivity index (χ1v) is 8.39. The van der Waals surface area contributed by atoms with E-state index >= 15 is 0 Å². The van der Waals surface area contributed by atoms with Crippen LogP contribution in [0.3, 0.4) is 0 Å². The van der Waals surface area contributed by atoms with Crippen molar-refractivity contribution in [2.24, 2.45) is 0 Å². The molecule has 3 heterocycles. The van der Waals surface area contributed by atoms with Crippen molar-refractivity contribution in [1.82, 2.24) is 29.6 Å². The minimum absolute atomic E-state index is 0.0487. The Labute approximate surface area is 152 Å². The Balaban J connectivity index is 1.78. The van der Waals surface area contributed by atoms with Gasteiger partial charge in [0.05, 0.1) is 18.4 Å². The number of imidazole rings is 1. The van der Waals surface area contributed by atoms with Crippen molar-refractivity contribution in [2.75, 3.05) is 10.7 Å². The quantitative estimate of drug-likeness (QED) is 0.492. The number of hydrogen-bond acceptors (Lipinski definition) is 7. The Morgan fingerprint density at radius 2 is 2.11 bits per heavy atom. The van der Waals surface area contributed by atoms with E-state index in [1.807, 2.05) is 13.8 Å². The standard InChI is InChI=1S/C17H17FN8O/c1-9(2)25-26-12(24-11-5-3-4-10(18)13(11)17(26)27)6-19-15-14-16(21-7-20-14)23-8-22-15/h3-5,7-9,25H,6H2,1-2H3,(H2,19,20,21,22,23). The maximum absolute atomic E-state index is 14.2. The molecule has 3 aromatic heterocycles. The van der Waals surface area contributed by atoms with Crippen molar-refractivity contribution in [3.8, 4) is 0 Å². The normalized spacial score (nSPS) is 11.4. The van der Waals surface area contributed by atoms with Crippen molar-refractivity contribution in [2.45, 2.75) is 26.4 Å². The molecule has 0 fully saturated rings. The van der Waals surface area contributed by atoms with Crippen LogP contribution >= 0.6 is 0 Å². The largest absolute Gasteiger partial charge is 0.361 e. The Kier molecular flexibility index (Phi) is 4.15. The van der Waals surface area contributed by atoms with Gasteiger partial charge in [-0.15, -0.1) is 0 Å². The second-order valence-electron chi connectivity index (χ2n) is 6.26. The highest BCUT2D eigenvalue weighted by Gasteiger charge is 2.15. The molecule has 27 heavy (non-hydrogen) atoms. The summed E-state index contributed by atoms with van der Waals surface area (Å²) in [6.45, 7) is 3.95. The molecule has 0 aliphatic carbocycles. The number of rotatable bonds is 5. The van der Waals surface area contributed by atoms with Crippen LogP contribution in [-0.4, -0.2) is 35.6 Å². The Hall–Kier alpha value is -3.56. The first-order valence-electron chi connectivity index (χ1n) is 8.39. The summed E-state index contributed by atoms with van der Waals surface area (Å²) >= 11 is 0. The summed E-state index contributed by atoms with van der Waals surface area (Å²) in [5, 5.41) is 3.08. The molecule has 0 saturated carbocycles. The molecule has 10 heteroatoms. The zero-order chi connectivity index (χ0) is 19.0. The summed E-state index contributed by atoms with van der Waals surface area (Å²) in [4.78, 5) is 32.6. The smallest absolute Gasteiger partial charge is 0.283 e. The van der Waals surface area contributed by atoms with Crippen molar-refractivity contribution in [1.29, 1.82) is 0 Å². The SMILES string of the molecule is CC(C)Nn1c(CNc2ncnc3nc[nH]c23)nc2cccc(F)c2c1=O. The van der Waals surface area contributed by atoms with Gasteiger partial charge < -0.3 is 15.7 Å². The molecule has 0 bridgehead atoms. The molecule has 0 saturated heterocycles. The molecule has 138 valence electrons. The molecular formula is C17H17FN8O. The number of nitrogens with one attached hydrogen (secondary N) is 3. The topological polar surface area (TPSA) is 113 Å². The van der Waals surface area contributed by atoms with Crippen LogP contribution in [0.25, 0.3) is 22.1 Å². The lowest BCUT2D eigenvalue weighted by atomic mass is 10.2. The molecular weight excluding hydrogens is 351 g/mol. The molecule has 0 atom stereocenters. The number of halogens is 1. The second kappa shape index (κ2) is 6.63. The monoisotopic (exact) mass is 368 g/mol. The van der Waals surface area contributed by atoms with Crippen LogP contribution in [0.15, 0.2) is 35.6 Å². The molecule has 3 N–H and O–H groups in total. The van der Waals surface area contributed by atoms with Crippen LogP contribution in [0.4, 0.5) is 10.2 Å². The van der Waals surface area contributed by atoms with Crippen LogP contribution in [0.1, 0.15) is 19.7 Å². The minimum Gasteiger partial charge on any atom is -0.361 e. The third kappa shape index (κ3) is 3.05. The number of nitrogens with zero attached hydrogens (tertiary/aromatic N) is 5. The highest BCUT2D eigenvalue weighted by atomic mass is 19.1. The predicted octanol–water partition coefficient (Wildman–Crippen LogP) is 1.77. The number of benzene rings is 1. The van der Waals surface area contributed by atoms with Gasteiger partial charge >= 0.3 is 0 Å². The van der Waals surface area contributed by atoms with Crippen LogP contribution in [0, 0.1) is 5.82 Å². The fourth-order valence-electron chi connectivity index (χ4n) is 2.81. The summed E-state index contributed by atoms with van der Waals surface area (Å²) in [7, 11) is 0. The highest BCUT2D eigenvalue weighted by molar-refractivity contribution is 5.82. The first-order chi connectivity index (χ1) is 13.0. The minimum atomic E-state index is -0.598. The van der Waals surface area contributed by atoms with E-state index in [0.717, 1.165) is 0 Å². The summed E-state index contributed by atoms with van der Waals surface area (Å²) in [6.07, 6.45) is 2.92. The van der Waals surface area contributed by atoms with E-state index in [1.54, 1.807) is 6.07 Å². The molecule has 1 aromatic carbocycles. The van der Waals surface area contributed by atoms with E-state index < -0.39 is 11.4 Å². The number of fused-ring (bicyclic) bond motifs is 2. The third-order valence-corrected chi connectivity index (χ3v) is 3.94. The van der Waals surface area contributed by atoms with E-state index in [-0.39, 0.29) is 18.0 Å². The molecule has 0 aliphatic rings. The van der Waals surface area contributed by atoms with Gasteiger partial charge in [-0.25, -0.2) is 29.0 Å². The zero-order valence-corrected chi connectivity index (χ0v) is 14.7. The van der Waals surface area contributed by atoms with E-state index in [4.69, 9.17) is 0 Å². The van der Waals surface area contributed by atoms with Gasteiger partial charge in [0.2, 0.25) is 0 Å². The first kappa shape index (κ1) is 16.9. The summed E-state index contributed by atoms with van der Waals surface area (Å²) in [5.41, 5.74) is 4.00. The van der Waals surface area contributed by atoms with E-state index in [1.165, 1.54) is 29.5 Å². The van der Waals surface area contributed by atoms with E-state index in [2.05, 4.69) is 35.7 Å². The van der Waals surface area contributed by atoms with E-state index in [9.17, 15) is 9.18 Å². The summed E-state index contributed by atoms with van der Waals surface area (Å²) in [5.74, 6) is 0.332. The fraction of sp³-hybridized carbons (Fsp3) is 0.235. The van der Waals surface area contributed by atoms with Gasteiger partial charge in [0.15, 0.2) is 17.3 Å². The van der Waals surface area contributed by atoms with Gasteiger partial charge in [-0.05, 0) is 26.0 Å². The predicted molar refractivity (Wildman–Crippen MR) is 99.5 cm³/mol. The maximum atomic E-state index is 14.2. The molecule has 0 unspecified atom stereocenters. The summed E-state index contributed by atoms with van der Waals surface area (Å²) in [6, 6.07) is 4.34. The average molecular weight is 368 g/mol. The van der Waals surface area contributed by atoms with Crippen molar-refractivity contribution < 1.29 is 4.39 Å². The number of aromatic amines is 1. The molecule has 0 radical (unpaired) electrons. The number of hydrogen-bond donors (Lipinski definition) is 3. The highest BCUT2D eigenvalue weighted by Crippen LogP contribution is 2.16. The lowest BCUT2D eigenvalue weighted by Crippen LogP contribution is -2.37. The lowest BCUT2D eigenvalue weighted by Gasteiger charge is -2.18. The van der Waals surface area contributed by atoms with Crippen molar-refractivity contribution >= 4 is 27.9 Å². The van der Waals surface area contributed by atoms with Crippen LogP contribution in [0.5, 0.6) is 0 Å². The molecule has 0 amide bonds. The molecule has 0 spiro atoms. The average Bonchev–Trinajstić information content (AvgIpc) is 3.11. The Bertz CT molecular complexity index is 1180. The molecule has 4 rings (SSSR count). The van der Waals surface area contributed by atoms with E-state index in [0.29, 0.717) is 28.3 Å². The zero-order valence-electron chi connectivity index (χ0n) is 14.7. The van der Waals surface area contributed by atoms with Gasteiger partial charge in [-0.1, -0.05) is 6.07 Å². The Morgan fingerprint density at radius 1 is 1.26 bits per heavy atom. The van der Waals surface area contributed by atoms with Crippen LogP contribution in [-0.2, 0) is 6.54 Å².